The molecule has 0 atom stereocenters. The van der Waals surface area contributed by atoms with Crippen LogP contribution in [0.3, 0.4) is 0 Å². The van der Waals surface area contributed by atoms with Crippen molar-refractivity contribution in [3.05, 3.63) is 27.1 Å². The number of nitro groups is 1. The van der Waals surface area contributed by atoms with E-state index >= 15 is 0 Å². The van der Waals surface area contributed by atoms with Crippen LogP contribution >= 0.6 is 0 Å². The minimum Gasteiger partial charge on any atom is -0.428 e. The Bertz CT molecular complexity index is 787. The third-order valence-corrected chi connectivity index (χ3v) is 6.14. The van der Waals surface area contributed by atoms with Gasteiger partial charge in [0.2, 0.25) is 5.75 Å². The molecule has 0 bridgehead atoms. The van der Waals surface area contributed by atoms with Gasteiger partial charge < -0.3 is 9.47 Å². The van der Waals surface area contributed by atoms with Crippen LogP contribution in [0.2, 0.25) is 0 Å². The lowest BCUT2D eigenvalue weighted by molar-refractivity contribution is -0.386. The van der Waals surface area contributed by atoms with Crippen molar-refractivity contribution < 1.29 is 19.2 Å². The van der Waals surface area contributed by atoms with Crippen molar-refractivity contribution >= 4 is 11.8 Å². The SMILES string of the molecule is CCCCCCCCCCCCCCCCc1c(C)nc(C)c([N+](=O)[O-])c1OC(=O)OC(C)(C)C. The number of aryl methyl sites for hydroxylation is 2. The van der Waals surface area contributed by atoms with E-state index in [0.29, 0.717) is 17.7 Å². The summed E-state index contributed by atoms with van der Waals surface area (Å²) in [6, 6.07) is 0. The Morgan fingerprint density at radius 1 is 0.829 bits per heavy atom. The molecule has 0 aliphatic rings. The number of pyridine rings is 1. The second kappa shape index (κ2) is 16.5. The molecule has 0 N–H and O–H groups in total. The summed E-state index contributed by atoms with van der Waals surface area (Å²) in [5.41, 5.74) is 0.490. The van der Waals surface area contributed by atoms with Crippen molar-refractivity contribution in [1.82, 2.24) is 4.98 Å². The van der Waals surface area contributed by atoms with Gasteiger partial charge >= 0.3 is 11.8 Å². The molecule has 35 heavy (non-hydrogen) atoms. The van der Waals surface area contributed by atoms with Crippen LogP contribution in [-0.4, -0.2) is 21.7 Å². The van der Waals surface area contributed by atoms with Crippen LogP contribution in [0, 0.1) is 24.0 Å². The minimum absolute atomic E-state index is 0.0241. The first kappa shape index (κ1) is 30.9. The lowest BCUT2D eigenvalue weighted by atomic mass is 10.0. The van der Waals surface area contributed by atoms with Gasteiger partial charge in [0.1, 0.15) is 11.3 Å². The number of aromatic nitrogens is 1. The normalized spacial score (nSPS) is 11.5. The van der Waals surface area contributed by atoms with Crippen LogP contribution in [0.15, 0.2) is 0 Å². The van der Waals surface area contributed by atoms with E-state index < -0.39 is 16.7 Å². The minimum atomic E-state index is -0.937. The molecule has 0 unspecified atom stereocenters. The summed E-state index contributed by atoms with van der Waals surface area (Å²) in [6.07, 6.45) is 17.3. The molecule has 0 aliphatic carbocycles. The van der Waals surface area contributed by atoms with Crippen molar-refractivity contribution in [2.75, 3.05) is 0 Å². The summed E-state index contributed by atoms with van der Waals surface area (Å²) in [5.74, 6) is -0.0241. The zero-order chi connectivity index (χ0) is 26.3. The molecule has 0 aliphatic heterocycles. The molecule has 7 nitrogen and oxygen atoms in total. The molecular formula is C28H48N2O5. The molecule has 0 radical (unpaired) electrons. The van der Waals surface area contributed by atoms with Crippen molar-refractivity contribution in [3.63, 3.8) is 0 Å². The highest BCUT2D eigenvalue weighted by Gasteiger charge is 2.29. The molecule has 0 amide bonds. The predicted molar refractivity (Wildman–Crippen MR) is 141 cm³/mol. The zero-order valence-electron chi connectivity index (χ0n) is 23.0. The van der Waals surface area contributed by atoms with Gasteiger partial charge in [0.05, 0.1) is 4.92 Å². The number of nitrogens with zero attached hydrogens (tertiary/aromatic N) is 2. The van der Waals surface area contributed by atoms with Gasteiger partial charge in [0.15, 0.2) is 0 Å². The highest BCUT2D eigenvalue weighted by molar-refractivity contribution is 5.69. The van der Waals surface area contributed by atoms with Crippen molar-refractivity contribution in [2.24, 2.45) is 0 Å². The van der Waals surface area contributed by atoms with Gasteiger partial charge in [-0.3, -0.25) is 15.1 Å². The van der Waals surface area contributed by atoms with Gasteiger partial charge in [-0.1, -0.05) is 90.4 Å². The number of ether oxygens (including phenoxy) is 2. The molecule has 1 aromatic heterocycles. The third kappa shape index (κ3) is 12.9. The zero-order valence-corrected chi connectivity index (χ0v) is 23.0. The average Bonchev–Trinajstić information content (AvgIpc) is 2.73. The monoisotopic (exact) mass is 492 g/mol. The Morgan fingerprint density at radius 2 is 1.29 bits per heavy atom. The largest absolute Gasteiger partial charge is 0.514 e. The van der Waals surface area contributed by atoms with Gasteiger partial charge in [0, 0.05) is 11.3 Å². The number of carbonyl (C=O) groups excluding carboxylic acids is 1. The second-order valence-corrected chi connectivity index (χ2v) is 10.6. The molecule has 1 aromatic rings. The van der Waals surface area contributed by atoms with Crippen LogP contribution in [0.25, 0.3) is 0 Å². The summed E-state index contributed by atoms with van der Waals surface area (Å²) < 4.78 is 10.6. The Labute approximate surface area is 212 Å². The lowest BCUT2D eigenvalue weighted by Crippen LogP contribution is -2.26. The van der Waals surface area contributed by atoms with E-state index in [1.165, 1.54) is 70.6 Å². The van der Waals surface area contributed by atoms with Gasteiger partial charge in [-0.2, -0.15) is 0 Å². The fraction of sp³-hybridized carbons (Fsp3) is 0.786. The van der Waals surface area contributed by atoms with Crippen LogP contribution in [0.5, 0.6) is 5.75 Å². The van der Waals surface area contributed by atoms with Crippen LogP contribution in [0.4, 0.5) is 10.5 Å². The first-order valence-corrected chi connectivity index (χ1v) is 13.6. The number of unbranched alkanes of at least 4 members (excludes halogenated alkanes) is 13. The molecule has 0 saturated heterocycles. The number of hydrogen-bond donors (Lipinski definition) is 0. The molecule has 0 saturated carbocycles. The summed E-state index contributed by atoms with van der Waals surface area (Å²) in [5, 5.41) is 11.7. The molecular weight excluding hydrogens is 444 g/mol. The van der Waals surface area contributed by atoms with E-state index in [1.807, 2.05) is 0 Å². The van der Waals surface area contributed by atoms with Crippen LogP contribution < -0.4 is 4.74 Å². The Hall–Kier alpha value is -2.18. The van der Waals surface area contributed by atoms with Crippen LogP contribution in [0.1, 0.15) is 135 Å². The molecule has 1 rings (SSSR count). The predicted octanol–water partition coefficient (Wildman–Crippen LogP) is 8.94. The van der Waals surface area contributed by atoms with Crippen LogP contribution in [-0.2, 0) is 11.2 Å². The van der Waals surface area contributed by atoms with Gasteiger partial charge in [-0.15, -0.1) is 0 Å². The highest BCUT2D eigenvalue weighted by atomic mass is 16.7. The van der Waals surface area contributed by atoms with Gasteiger partial charge in [-0.05, 0) is 47.5 Å². The van der Waals surface area contributed by atoms with E-state index in [2.05, 4.69) is 11.9 Å². The third-order valence-electron chi connectivity index (χ3n) is 6.14. The average molecular weight is 493 g/mol. The molecule has 1 heterocycles. The summed E-state index contributed by atoms with van der Waals surface area (Å²) in [7, 11) is 0. The van der Waals surface area contributed by atoms with Crippen molar-refractivity contribution in [3.8, 4) is 5.75 Å². The van der Waals surface area contributed by atoms with E-state index in [9.17, 15) is 14.9 Å². The second-order valence-electron chi connectivity index (χ2n) is 10.6. The fourth-order valence-corrected chi connectivity index (χ4v) is 4.31. The first-order valence-electron chi connectivity index (χ1n) is 13.6. The van der Waals surface area contributed by atoms with Gasteiger partial charge in [-0.25, -0.2) is 4.79 Å². The Morgan fingerprint density at radius 3 is 1.71 bits per heavy atom. The smallest absolute Gasteiger partial charge is 0.428 e. The first-order chi connectivity index (χ1) is 16.6. The number of carbonyl (C=O) groups is 1. The summed E-state index contributed by atoms with van der Waals surface area (Å²) in [6.45, 7) is 10.8. The van der Waals surface area contributed by atoms with E-state index in [-0.39, 0.29) is 17.1 Å². The molecule has 0 aromatic carbocycles. The number of rotatable bonds is 17. The Kier molecular flexibility index (Phi) is 14.5. The van der Waals surface area contributed by atoms with E-state index in [0.717, 1.165) is 19.3 Å². The van der Waals surface area contributed by atoms with Gasteiger partial charge in [0.25, 0.3) is 0 Å². The molecule has 200 valence electrons. The fourth-order valence-electron chi connectivity index (χ4n) is 4.31. The molecule has 0 fully saturated rings. The topological polar surface area (TPSA) is 91.6 Å². The van der Waals surface area contributed by atoms with E-state index in [4.69, 9.17) is 9.47 Å². The summed E-state index contributed by atoms with van der Waals surface area (Å²) >= 11 is 0. The van der Waals surface area contributed by atoms with Crippen molar-refractivity contribution in [2.45, 2.75) is 143 Å². The molecule has 7 heteroatoms. The number of hydrogen-bond acceptors (Lipinski definition) is 6. The maximum Gasteiger partial charge on any atom is 0.514 e. The molecule has 0 spiro atoms. The summed E-state index contributed by atoms with van der Waals surface area (Å²) in [4.78, 5) is 27.8. The lowest BCUT2D eigenvalue weighted by Gasteiger charge is -2.20. The Balaban J connectivity index is 2.49. The maximum absolute atomic E-state index is 12.3. The van der Waals surface area contributed by atoms with E-state index in [1.54, 1.807) is 34.6 Å². The maximum atomic E-state index is 12.3. The van der Waals surface area contributed by atoms with Crippen molar-refractivity contribution in [1.29, 1.82) is 0 Å². The highest BCUT2D eigenvalue weighted by Crippen LogP contribution is 2.36. The quantitative estimate of drug-likeness (QED) is 0.0932. The standard InChI is InChI=1S/C28H48N2O5/c1-7-8-9-10-11-12-13-14-15-16-17-18-19-20-21-24-22(2)29-23(3)25(30(32)33)26(24)34-27(31)35-28(4,5)6/h7-21H2,1-6H3.